The average Bonchev–Trinajstić information content (AvgIpc) is 4.38. The van der Waals surface area contributed by atoms with Gasteiger partial charge in [-0.3, -0.25) is 0 Å². The van der Waals surface area contributed by atoms with Gasteiger partial charge < -0.3 is 18.9 Å². The molecular formula is C68H40N6S2. The molecule has 4 aromatic heterocycles. The Balaban J connectivity index is 0.885. The zero-order valence-electron chi connectivity index (χ0n) is 40.6. The van der Waals surface area contributed by atoms with Crippen molar-refractivity contribution in [3.63, 3.8) is 0 Å². The lowest BCUT2D eigenvalue weighted by atomic mass is 9.90. The minimum absolute atomic E-state index is 0.0291. The minimum atomic E-state index is -0.147. The summed E-state index contributed by atoms with van der Waals surface area (Å²) >= 11 is 3.61. The molecule has 0 spiro atoms. The molecule has 9 aromatic carbocycles. The zero-order valence-corrected chi connectivity index (χ0v) is 42.2. The van der Waals surface area contributed by atoms with Crippen LogP contribution in [-0.2, 0) is 0 Å². The number of aromatic nitrogens is 2. The Bertz CT molecular complexity index is 4990. The molecule has 2 aliphatic carbocycles. The summed E-state index contributed by atoms with van der Waals surface area (Å²) in [4.78, 5) is 4.83. The molecule has 8 heteroatoms. The number of nitriles is 2. The van der Waals surface area contributed by atoms with Crippen LogP contribution in [0.1, 0.15) is 34.1 Å². The second-order valence-corrected chi connectivity index (χ2v) is 22.7. The first-order valence-corrected chi connectivity index (χ1v) is 27.5. The molecule has 354 valence electrons. The summed E-state index contributed by atoms with van der Waals surface area (Å²) < 4.78 is 9.51. The lowest BCUT2D eigenvalue weighted by molar-refractivity contribution is 0.745. The molecule has 0 radical (unpaired) electrons. The van der Waals surface area contributed by atoms with Crippen LogP contribution in [0.15, 0.2) is 206 Å². The van der Waals surface area contributed by atoms with Crippen LogP contribution in [0, 0.1) is 22.7 Å². The smallest absolute Gasteiger partial charge is 0.101 e. The average molecular weight is 1010 g/mol. The highest BCUT2D eigenvalue weighted by Crippen LogP contribution is 2.52. The van der Waals surface area contributed by atoms with Crippen LogP contribution >= 0.6 is 22.7 Å². The first-order valence-electron chi connectivity index (χ1n) is 25.8. The Labute approximate surface area is 444 Å². The van der Waals surface area contributed by atoms with Gasteiger partial charge in [0.15, 0.2) is 0 Å². The van der Waals surface area contributed by atoms with E-state index in [4.69, 9.17) is 0 Å². The fraction of sp³-hybridized carbons (Fsp3) is 0.0588. The van der Waals surface area contributed by atoms with Crippen LogP contribution in [0.4, 0.5) is 22.7 Å². The molecule has 4 atom stereocenters. The van der Waals surface area contributed by atoms with Crippen LogP contribution in [0.3, 0.4) is 0 Å². The van der Waals surface area contributed by atoms with E-state index in [1.807, 2.05) is 23.5 Å². The van der Waals surface area contributed by atoms with Crippen molar-refractivity contribution in [2.75, 3.05) is 9.80 Å². The number of thiophene rings is 2. The van der Waals surface area contributed by atoms with Gasteiger partial charge in [0.2, 0.25) is 0 Å². The normalized spacial score (nSPS) is 18.0. The van der Waals surface area contributed by atoms with E-state index in [0.29, 0.717) is 16.8 Å². The van der Waals surface area contributed by atoms with Gasteiger partial charge in [-0.25, -0.2) is 0 Å². The highest BCUT2D eigenvalue weighted by Gasteiger charge is 2.41. The van der Waals surface area contributed by atoms with Crippen molar-refractivity contribution in [3.8, 4) is 23.5 Å². The van der Waals surface area contributed by atoms with Crippen molar-refractivity contribution in [3.05, 3.63) is 238 Å². The molecular weight excluding hydrogens is 965 g/mol. The monoisotopic (exact) mass is 1000 g/mol. The molecule has 0 saturated carbocycles. The number of hydrogen-bond donors (Lipinski definition) is 0. The van der Waals surface area contributed by atoms with Crippen molar-refractivity contribution in [1.82, 2.24) is 9.13 Å². The van der Waals surface area contributed by atoms with E-state index in [1.54, 1.807) is 11.3 Å². The largest absolute Gasteiger partial charge is 0.333 e. The minimum Gasteiger partial charge on any atom is -0.333 e. The molecule has 6 nitrogen and oxygen atoms in total. The predicted octanol–water partition coefficient (Wildman–Crippen LogP) is 15.8. The molecule has 0 amide bonds. The summed E-state index contributed by atoms with van der Waals surface area (Å²) in [5, 5.41) is 32.6. The highest BCUT2D eigenvalue weighted by atomic mass is 32.1. The topological polar surface area (TPSA) is 63.9 Å². The van der Waals surface area contributed by atoms with Gasteiger partial charge in [0.1, 0.15) is 12.1 Å². The van der Waals surface area contributed by atoms with Crippen molar-refractivity contribution >= 4 is 131 Å². The third kappa shape index (κ3) is 5.67. The predicted molar refractivity (Wildman–Crippen MR) is 316 cm³/mol. The fourth-order valence-corrected chi connectivity index (χ4v) is 15.9. The Hall–Kier alpha value is -9.44. The molecule has 0 fully saturated rings. The number of anilines is 4. The fourth-order valence-electron chi connectivity index (χ4n) is 13.6. The maximum absolute atomic E-state index is 11.5. The standard InChI is InChI=1S/C68H40N6S2/c69-37-39-30-62(74-60-28-26-42(72-57-21-9-3-15-45(57)46-16-4-10-22-58(46)72)32-50(60)52-34-54-48-18-6-12-24-66(48)76-68(54)36-64(52)74)40(38-70)29-61(39)73-59-27-25-41(71-55-19-7-1-13-43(55)44-14-2-8-20-56(44)71)31-49(59)51-33-53-47-17-5-11-23-65(47)75-67(53)35-63(51)73/h1-36,43,52,55,64H. The lowest BCUT2D eigenvalue weighted by Gasteiger charge is -2.30. The van der Waals surface area contributed by atoms with Gasteiger partial charge in [0, 0.05) is 85.5 Å². The van der Waals surface area contributed by atoms with E-state index in [2.05, 4.69) is 237 Å². The first kappa shape index (κ1) is 42.0. The van der Waals surface area contributed by atoms with E-state index in [1.165, 1.54) is 67.6 Å². The van der Waals surface area contributed by atoms with Crippen LogP contribution < -0.4 is 19.6 Å². The SMILES string of the molecule is N#Cc1cc(-n2c3ccc(N4c5ccccc5C5C=CC=CC54)cc3c3cc4c(cc32)sc2ccccc24)c(C#N)cc1N1c2ccc(-n3c4ccccc4c4ccccc43)cc2C2C=c3c(sc4ccccc34)=CC21. The van der Waals surface area contributed by atoms with Crippen molar-refractivity contribution in [2.45, 2.75) is 23.9 Å². The van der Waals surface area contributed by atoms with Crippen molar-refractivity contribution in [2.24, 2.45) is 0 Å². The van der Waals surface area contributed by atoms with Gasteiger partial charge in [0.25, 0.3) is 0 Å². The van der Waals surface area contributed by atoms with E-state index in [-0.39, 0.29) is 23.9 Å². The molecule has 76 heavy (non-hydrogen) atoms. The number of benzene rings is 9. The van der Waals surface area contributed by atoms with Gasteiger partial charge in [-0.2, -0.15) is 10.5 Å². The van der Waals surface area contributed by atoms with Crippen molar-refractivity contribution < 1.29 is 0 Å². The van der Waals surface area contributed by atoms with E-state index in [9.17, 15) is 10.5 Å². The number of allylic oxidation sites excluding steroid dienone is 2. The summed E-state index contributed by atoms with van der Waals surface area (Å²) in [6.45, 7) is 0. The molecule has 2 aliphatic heterocycles. The maximum atomic E-state index is 11.5. The number of rotatable bonds is 4. The molecule has 6 heterocycles. The molecule has 13 aromatic rings. The van der Waals surface area contributed by atoms with E-state index < -0.39 is 0 Å². The number of para-hydroxylation sites is 3. The van der Waals surface area contributed by atoms with E-state index >= 15 is 0 Å². The summed E-state index contributed by atoms with van der Waals surface area (Å²) in [7, 11) is 0. The van der Waals surface area contributed by atoms with E-state index in [0.717, 1.165) is 55.6 Å². The quantitative estimate of drug-likeness (QED) is 0.176. The third-order valence-corrected chi connectivity index (χ3v) is 19.1. The number of fused-ring (bicyclic) bond motifs is 18. The number of nitrogens with zero attached hydrogens (tertiary/aromatic N) is 6. The molecule has 17 rings (SSSR count). The van der Waals surface area contributed by atoms with Crippen LogP contribution in [0.5, 0.6) is 0 Å². The number of hydrogen-bond acceptors (Lipinski definition) is 6. The first-order chi connectivity index (χ1) is 37.6. The van der Waals surface area contributed by atoms with Crippen molar-refractivity contribution in [1.29, 1.82) is 10.5 Å². The summed E-state index contributed by atoms with van der Waals surface area (Å²) in [5.74, 6) is 0.228. The van der Waals surface area contributed by atoms with Gasteiger partial charge in [-0.15, -0.1) is 22.7 Å². The molecule has 4 unspecified atom stereocenters. The zero-order chi connectivity index (χ0) is 49.9. The molecule has 0 saturated heterocycles. The Morgan fingerprint density at radius 1 is 0.382 bits per heavy atom. The van der Waals surface area contributed by atoms with Gasteiger partial charge in [-0.05, 0) is 119 Å². The summed E-state index contributed by atoms with van der Waals surface area (Å²) in [6.07, 6.45) is 13.8. The highest BCUT2D eigenvalue weighted by molar-refractivity contribution is 7.25. The molecule has 0 N–H and O–H groups in total. The second-order valence-electron chi connectivity index (χ2n) is 20.5. The Kier molecular flexibility index (Phi) is 8.59. The molecule has 0 bridgehead atoms. The van der Waals surface area contributed by atoms with Gasteiger partial charge >= 0.3 is 0 Å². The van der Waals surface area contributed by atoms with Gasteiger partial charge in [0.05, 0.1) is 56.7 Å². The molecule has 4 aliphatic rings. The van der Waals surface area contributed by atoms with Gasteiger partial charge in [-0.1, -0.05) is 121 Å². The lowest BCUT2D eigenvalue weighted by Crippen LogP contribution is -2.36. The summed E-state index contributed by atoms with van der Waals surface area (Å²) in [5.41, 5.74) is 13.7. The van der Waals surface area contributed by atoms with Crippen LogP contribution in [0.25, 0.3) is 97.4 Å². The van der Waals surface area contributed by atoms with Crippen LogP contribution in [0.2, 0.25) is 0 Å². The van der Waals surface area contributed by atoms with Crippen LogP contribution in [-0.4, -0.2) is 21.2 Å². The second kappa shape index (κ2) is 15.6. The maximum Gasteiger partial charge on any atom is 0.101 e. The Morgan fingerprint density at radius 3 is 1.84 bits per heavy atom. The summed E-state index contributed by atoms with van der Waals surface area (Å²) in [6, 6.07) is 71.0. The Morgan fingerprint density at radius 2 is 1.03 bits per heavy atom. The third-order valence-electron chi connectivity index (χ3n) is 16.8.